The highest BCUT2D eigenvalue weighted by molar-refractivity contribution is 9.10. The summed E-state index contributed by atoms with van der Waals surface area (Å²) in [5, 5.41) is 2.61. The summed E-state index contributed by atoms with van der Waals surface area (Å²) in [5.74, 6) is -0.755. The molecule has 0 saturated carbocycles. The molecule has 0 aromatic heterocycles. The molecular formula is C13H10BrFN2O. The van der Waals surface area contributed by atoms with Crippen LogP contribution in [0.15, 0.2) is 46.9 Å². The van der Waals surface area contributed by atoms with E-state index in [1.54, 1.807) is 24.3 Å². The van der Waals surface area contributed by atoms with Crippen LogP contribution in [0.1, 0.15) is 10.4 Å². The van der Waals surface area contributed by atoms with E-state index in [4.69, 9.17) is 5.73 Å². The maximum atomic E-state index is 13.1. The SMILES string of the molecule is Nc1cccc(C(=O)Nc2cc(F)ccc2Br)c1. The van der Waals surface area contributed by atoms with E-state index >= 15 is 0 Å². The molecule has 2 aromatic carbocycles. The number of halogens is 2. The van der Waals surface area contributed by atoms with Crippen molar-refractivity contribution in [3.63, 3.8) is 0 Å². The van der Waals surface area contributed by atoms with Crippen molar-refractivity contribution in [1.82, 2.24) is 0 Å². The van der Waals surface area contributed by atoms with Crippen molar-refractivity contribution in [2.24, 2.45) is 0 Å². The van der Waals surface area contributed by atoms with Gasteiger partial charge in [0.05, 0.1) is 5.69 Å². The summed E-state index contributed by atoms with van der Waals surface area (Å²) in [6.07, 6.45) is 0. The van der Waals surface area contributed by atoms with Gasteiger partial charge in [0.15, 0.2) is 0 Å². The first-order valence-electron chi connectivity index (χ1n) is 5.18. The van der Waals surface area contributed by atoms with Gasteiger partial charge >= 0.3 is 0 Å². The molecule has 0 heterocycles. The highest BCUT2D eigenvalue weighted by Crippen LogP contribution is 2.23. The number of benzene rings is 2. The van der Waals surface area contributed by atoms with Gasteiger partial charge in [-0.1, -0.05) is 6.07 Å². The molecule has 3 nitrogen and oxygen atoms in total. The van der Waals surface area contributed by atoms with Crippen LogP contribution < -0.4 is 11.1 Å². The molecule has 0 aliphatic heterocycles. The fourth-order valence-corrected chi connectivity index (χ4v) is 1.81. The fraction of sp³-hybridized carbons (Fsp3) is 0. The minimum Gasteiger partial charge on any atom is -0.399 e. The van der Waals surface area contributed by atoms with Gasteiger partial charge in [-0.25, -0.2) is 4.39 Å². The smallest absolute Gasteiger partial charge is 0.255 e. The molecule has 5 heteroatoms. The molecule has 0 bridgehead atoms. The molecule has 0 aliphatic carbocycles. The van der Waals surface area contributed by atoms with Crippen molar-refractivity contribution in [3.8, 4) is 0 Å². The molecule has 0 aliphatic rings. The Balaban J connectivity index is 2.24. The molecule has 2 rings (SSSR count). The van der Waals surface area contributed by atoms with E-state index in [1.807, 2.05) is 0 Å². The van der Waals surface area contributed by atoms with Gasteiger partial charge < -0.3 is 11.1 Å². The summed E-state index contributed by atoms with van der Waals surface area (Å²) >= 11 is 3.24. The van der Waals surface area contributed by atoms with Gasteiger partial charge in [0.25, 0.3) is 5.91 Å². The van der Waals surface area contributed by atoms with E-state index in [0.29, 0.717) is 21.4 Å². The molecule has 0 radical (unpaired) electrons. The van der Waals surface area contributed by atoms with E-state index in [2.05, 4.69) is 21.2 Å². The number of hydrogen-bond acceptors (Lipinski definition) is 2. The van der Waals surface area contributed by atoms with Crippen LogP contribution in [-0.4, -0.2) is 5.91 Å². The Bertz CT molecular complexity index is 601. The van der Waals surface area contributed by atoms with E-state index < -0.39 is 5.82 Å². The van der Waals surface area contributed by atoms with Crippen LogP contribution in [0.25, 0.3) is 0 Å². The van der Waals surface area contributed by atoms with Gasteiger partial charge in [-0.3, -0.25) is 4.79 Å². The molecule has 0 spiro atoms. The number of rotatable bonds is 2. The van der Waals surface area contributed by atoms with Crippen LogP contribution >= 0.6 is 15.9 Å². The van der Waals surface area contributed by atoms with Crippen LogP contribution in [-0.2, 0) is 0 Å². The highest BCUT2D eigenvalue weighted by Gasteiger charge is 2.09. The zero-order valence-corrected chi connectivity index (χ0v) is 10.9. The third-order valence-electron chi connectivity index (χ3n) is 2.33. The van der Waals surface area contributed by atoms with Gasteiger partial charge in [0.2, 0.25) is 0 Å². The predicted molar refractivity (Wildman–Crippen MR) is 72.9 cm³/mol. The number of anilines is 2. The molecular weight excluding hydrogens is 299 g/mol. The normalized spacial score (nSPS) is 10.1. The molecule has 0 saturated heterocycles. The number of hydrogen-bond donors (Lipinski definition) is 2. The first kappa shape index (κ1) is 12.6. The number of carbonyl (C=O) groups is 1. The minimum atomic E-state index is -0.416. The van der Waals surface area contributed by atoms with Crippen molar-refractivity contribution in [2.75, 3.05) is 11.1 Å². The number of nitrogens with one attached hydrogen (secondary N) is 1. The molecule has 0 atom stereocenters. The maximum absolute atomic E-state index is 13.1. The summed E-state index contributed by atoms with van der Waals surface area (Å²) in [7, 11) is 0. The Morgan fingerprint density at radius 2 is 2.00 bits per heavy atom. The minimum absolute atomic E-state index is 0.339. The average molecular weight is 309 g/mol. The molecule has 92 valence electrons. The van der Waals surface area contributed by atoms with Gasteiger partial charge in [-0.15, -0.1) is 0 Å². The molecule has 3 N–H and O–H groups in total. The second kappa shape index (κ2) is 5.18. The van der Waals surface area contributed by atoms with Crippen LogP contribution in [0.2, 0.25) is 0 Å². The number of amides is 1. The summed E-state index contributed by atoms with van der Waals surface area (Å²) < 4.78 is 13.7. The lowest BCUT2D eigenvalue weighted by Crippen LogP contribution is -2.12. The summed E-state index contributed by atoms with van der Waals surface area (Å²) in [6, 6.07) is 10.7. The van der Waals surface area contributed by atoms with Gasteiger partial charge in [-0.2, -0.15) is 0 Å². The summed E-state index contributed by atoms with van der Waals surface area (Å²) in [4.78, 5) is 11.9. The van der Waals surface area contributed by atoms with Gasteiger partial charge in [0, 0.05) is 15.7 Å². The zero-order valence-electron chi connectivity index (χ0n) is 9.28. The van der Waals surface area contributed by atoms with Crippen molar-refractivity contribution in [2.45, 2.75) is 0 Å². The van der Waals surface area contributed by atoms with Crippen molar-refractivity contribution in [1.29, 1.82) is 0 Å². The summed E-state index contributed by atoms with van der Waals surface area (Å²) in [5.41, 5.74) is 6.90. The Kier molecular flexibility index (Phi) is 3.62. The molecule has 0 fully saturated rings. The molecule has 0 unspecified atom stereocenters. The monoisotopic (exact) mass is 308 g/mol. The predicted octanol–water partition coefficient (Wildman–Crippen LogP) is 3.42. The van der Waals surface area contributed by atoms with Gasteiger partial charge in [-0.05, 0) is 52.3 Å². The van der Waals surface area contributed by atoms with Crippen molar-refractivity contribution < 1.29 is 9.18 Å². The van der Waals surface area contributed by atoms with Crippen LogP contribution in [0, 0.1) is 5.82 Å². The topological polar surface area (TPSA) is 55.1 Å². The van der Waals surface area contributed by atoms with E-state index in [0.717, 1.165) is 0 Å². The Labute approximate surface area is 112 Å². The summed E-state index contributed by atoms with van der Waals surface area (Å²) in [6.45, 7) is 0. The standard InChI is InChI=1S/C13H10BrFN2O/c14-11-5-4-9(15)7-12(11)17-13(18)8-2-1-3-10(16)6-8/h1-7H,16H2,(H,17,18). The van der Waals surface area contributed by atoms with Crippen molar-refractivity contribution in [3.05, 3.63) is 58.3 Å². The third-order valence-corrected chi connectivity index (χ3v) is 3.02. The molecule has 1 amide bonds. The lowest BCUT2D eigenvalue weighted by Gasteiger charge is -2.07. The molecule has 18 heavy (non-hydrogen) atoms. The number of nitrogens with two attached hydrogens (primary N) is 1. The fourth-order valence-electron chi connectivity index (χ4n) is 1.47. The Hall–Kier alpha value is -1.88. The lowest BCUT2D eigenvalue weighted by atomic mass is 10.2. The Morgan fingerprint density at radius 3 is 2.72 bits per heavy atom. The van der Waals surface area contributed by atoms with Crippen molar-refractivity contribution >= 4 is 33.2 Å². The molecule has 2 aromatic rings. The third kappa shape index (κ3) is 2.87. The number of nitrogen functional groups attached to an aromatic ring is 1. The van der Waals surface area contributed by atoms with Crippen LogP contribution in [0.5, 0.6) is 0 Å². The maximum Gasteiger partial charge on any atom is 0.255 e. The largest absolute Gasteiger partial charge is 0.399 e. The first-order valence-corrected chi connectivity index (χ1v) is 5.97. The Morgan fingerprint density at radius 1 is 1.22 bits per heavy atom. The highest BCUT2D eigenvalue weighted by atomic mass is 79.9. The van der Waals surface area contributed by atoms with E-state index in [9.17, 15) is 9.18 Å². The van der Waals surface area contributed by atoms with E-state index in [1.165, 1.54) is 18.2 Å². The quantitative estimate of drug-likeness (QED) is 0.835. The van der Waals surface area contributed by atoms with Gasteiger partial charge in [0.1, 0.15) is 5.82 Å². The zero-order chi connectivity index (χ0) is 13.1. The first-order chi connectivity index (χ1) is 8.56. The second-order valence-electron chi connectivity index (χ2n) is 3.70. The van der Waals surface area contributed by atoms with Crippen LogP contribution in [0.4, 0.5) is 15.8 Å². The van der Waals surface area contributed by atoms with E-state index in [-0.39, 0.29) is 5.91 Å². The average Bonchev–Trinajstić information content (AvgIpc) is 2.34. The van der Waals surface area contributed by atoms with Crippen LogP contribution in [0.3, 0.4) is 0 Å². The number of carbonyl (C=O) groups excluding carboxylic acids is 1. The lowest BCUT2D eigenvalue weighted by molar-refractivity contribution is 0.102. The second-order valence-corrected chi connectivity index (χ2v) is 4.56.